The first-order chi connectivity index (χ1) is 10.7. The van der Waals surface area contributed by atoms with Crippen molar-refractivity contribution in [3.63, 3.8) is 0 Å². The van der Waals surface area contributed by atoms with Gasteiger partial charge >= 0.3 is 0 Å². The Kier molecular flexibility index (Phi) is 6.22. The van der Waals surface area contributed by atoms with Gasteiger partial charge in [-0.05, 0) is 38.2 Å². The van der Waals surface area contributed by atoms with Crippen LogP contribution in [0.25, 0.3) is 0 Å². The molecule has 122 valence electrons. The van der Waals surface area contributed by atoms with Crippen LogP contribution >= 0.6 is 0 Å². The maximum atomic E-state index is 12.5. The van der Waals surface area contributed by atoms with Crippen molar-refractivity contribution in [2.75, 3.05) is 25.0 Å². The van der Waals surface area contributed by atoms with Gasteiger partial charge in [-0.3, -0.25) is 9.78 Å². The van der Waals surface area contributed by atoms with Gasteiger partial charge in [0.15, 0.2) is 0 Å². The summed E-state index contributed by atoms with van der Waals surface area (Å²) < 4.78 is 0. The van der Waals surface area contributed by atoms with E-state index in [2.05, 4.69) is 23.7 Å². The second-order valence-corrected chi connectivity index (χ2v) is 6.26. The number of hydrogen-bond acceptors (Lipinski definition) is 3. The van der Waals surface area contributed by atoms with E-state index in [1.807, 2.05) is 19.3 Å². The van der Waals surface area contributed by atoms with Crippen LogP contribution in [-0.4, -0.2) is 42.0 Å². The van der Waals surface area contributed by atoms with Crippen molar-refractivity contribution in [3.05, 3.63) is 24.0 Å². The van der Waals surface area contributed by atoms with Gasteiger partial charge in [0.2, 0.25) is 0 Å². The van der Waals surface area contributed by atoms with Gasteiger partial charge in [0, 0.05) is 32.4 Å². The summed E-state index contributed by atoms with van der Waals surface area (Å²) in [5.74, 6) is 0.0767. The van der Waals surface area contributed by atoms with E-state index in [9.17, 15) is 4.79 Å². The molecule has 4 heteroatoms. The van der Waals surface area contributed by atoms with Crippen molar-refractivity contribution in [1.29, 1.82) is 0 Å². The third-order valence-corrected chi connectivity index (χ3v) is 4.59. The number of aromatic nitrogens is 1. The van der Waals surface area contributed by atoms with Crippen LogP contribution in [0.3, 0.4) is 0 Å². The Morgan fingerprint density at radius 3 is 2.91 bits per heavy atom. The number of hydrogen-bond donors (Lipinski definition) is 0. The molecule has 4 nitrogen and oxygen atoms in total. The second kappa shape index (κ2) is 8.16. The van der Waals surface area contributed by atoms with Crippen molar-refractivity contribution in [2.24, 2.45) is 0 Å². The molecule has 0 spiro atoms. The third kappa shape index (κ3) is 3.99. The summed E-state index contributed by atoms with van der Waals surface area (Å²) in [6.45, 7) is 6.26. The Hall–Kier alpha value is -1.58. The van der Waals surface area contributed by atoms with Crippen LogP contribution in [0.4, 0.5) is 5.69 Å². The lowest BCUT2D eigenvalue weighted by molar-refractivity contribution is 0.0793. The Balaban J connectivity index is 2.13. The zero-order chi connectivity index (χ0) is 15.9. The van der Waals surface area contributed by atoms with Crippen molar-refractivity contribution < 1.29 is 4.79 Å². The first-order valence-corrected chi connectivity index (χ1v) is 8.64. The fourth-order valence-electron chi connectivity index (χ4n) is 3.18. The highest BCUT2D eigenvalue weighted by Gasteiger charge is 2.22. The van der Waals surface area contributed by atoms with Crippen molar-refractivity contribution in [3.8, 4) is 0 Å². The molecule has 0 aliphatic carbocycles. The SMILES string of the molecule is CCCCN(C)C(=O)c1cncc(N2CCCCC2CC)c1. The molecule has 1 fully saturated rings. The Morgan fingerprint density at radius 1 is 1.36 bits per heavy atom. The molecule has 0 saturated carbocycles. The summed E-state index contributed by atoms with van der Waals surface area (Å²) >= 11 is 0. The number of carbonyl (C=O) groups is 1. The molecule has 2 heterocycles. The molecule has 1 aliphatic rings. The number of carbonyl (C=O) groups excluding carboxylic acids is 1. The van der Waals surface area contributed by atoms with Gasteiger partial charge in [-0.25, -0.2) is 0 Å². The number of nitrogens with zero attached hydrogens (tertiary/aromatic N) is 3. The monoisotopic (exact) mass is 303 g/mol. The fraction of sp³-hybridized carbons (Fsp3) is 0.667. The highest BCUT2D eigenvalue weighted by Crippen LogP contribution is 2.26. The predicted molar refractivity (Wildman–Crippen MR) is 91.4 cm³/mol. The van der Waals surface area contributed by atoms with E-state index in [4.69, 9.17) is 0 Å². The molecule has 0 bridgehead atoms. The lowest BCUT2D eigenvalue weighted by Gasteiger charge is -2.37. The maximum absolute atomic E-state index is 12.5. The molecule has 0 radical (unpaired) electrons. The van der Waals surface area contributed by atoms with Gasteiger partial charge in [0.1, 0.15) is 0 Å². The predicted octanol–water partition coefficient (Wildman–Crippen LogP) is 3.72. The van der Waals surface area contributed by atoms with Crippen LogP contribution in [0.15, 0.2) is 18.5 Å². The van der Waals surface area contributed by atoms with Crippen molar-refractivity contribution >= 4 is 11.6 Å². The van der Waals surface area contributed by atoms with E-state index in [1.54, 1.807) is 11.1 Å². The van der Waals surface area contributed by atoms with Gasteiger partial charge in [0.25, 0.3) is 5.91 Å². The number of piperidine rings is 1. The largest absolute Gasteiger partial charge is 0.367 e. The zero-order valence-electron chi connectivity index (χ0n) is 14.2. The summed E-state index contributed by atoms with van der Waals surface area (Å²) in [6.07, 6.45) is 10.7. The van der Waals surface area contributed by atoms with Gasteiger partial charge in [0.05, 0.1) is 17.4 Å². The van der Waals surface area contributed by atoms with Crippen LogP contribution in [0, 0.1) is 0 Å². The molecule has 1 atom stereocenters. The molecular formula is C18H29N3O. The molecule has 1 amide bonds. The molecule has 1 saturated heterocycles. The quantitative estimate of drug-likeness (QED) is 0.803. The van der Waals surface area contributed by atoms with Gasteiger partial charge in [-0.1, -0.05) is 20.3 Å². The molecule has 22 heavy (non-hydrogen) atoms. The van der Waals surface area contributed by atoms with E-state index < -0.39 is 0 Å². The first-order valence-electron chi connectivity index (χ1n) is 8.64. The van der Waals surface area contributed by atoms with Gasteiger partial charge in [-0.15, -0.1) is 0 Å². The van der Waals surface area contributed by atoms with Crippen molar-refractivity contribution in [1.82, 2.24) is 9.88 Å². The Morgan fingerprint density at radius 2 is 2.18 bits per heavy atom. The summed E-state index contributed by atoms with van der Waals surface area (Å²) in [6, 6.07) is 2.60. The number of amides is 1. The van der Waals surface area contributed by atoms with Crippen LogP contribution in [-0.2, 0) is 0 Å². The first kappa shape index (κ1) is 16.8. The standard InChI is InChI=1S/C18H29N3O/c1-4-6-10-20(3)18(22)15-12-17(14-19-13-15)21-11-8-7-9-16(21)5-2/h12-14,16H,4-11H2,1-3H3. The minimum absolute atomic E-state index is 0.0767. The lowest BCUT2D eigenvalue weighted by atomic mass is 9.99. The van der Waals surface area contributed by atoms with Crippen LogP contribution in [0.5, 0.6) is 0 Å². The molecule has 1 unspecified atom stereocenters. The second-order valence-electron chi connectivity index (χ2n) is 6.26. The normalized spacial score (nSPS) is 18.3. The van der Waals surface area contributed by atoms with Gasteiger partial charge < -0.3 is 9.80 Å². The molecule has 0 aromatic carbocycles. The highest BCUT2D eigenvalue weighted by molar-refractivity contribution is 5.94. The number of pyridine rings is 1. The number of anilines is 1. The van der Waals surface area contributed by atoms with E-state index >= 15 is 0 Å². The highest BCUT2D eigenvalue weighted by atomic mass is 16.2. The number of unbranched alkanes of at least 4 members (excludes halogenated alkanes) is 1. The zero-order valence-corrected chi connectivity index (χ0v) is 14.2. The molecule has 0 N–H and O–H groups in total. The topological polar surface area (TPSA) is 36.4 Å². The van der Waals surface area contributed by atoms with Gasteiger partial charge in [-0.2, -0.15) is 0 Å². The van der Waals surface area contributed by atoms with Crippen molar-refractivity contribution in [2.45, 2.75) is 58.4 Å². The van der Waals surface area contributed by atoms with E-state index in [1.165, 1.54) is 19.3 Å². The van der Waals surface area contributed by atoms with E-state index in [-0.39, 0.29) is 5.91 Å². The summed E-state index contributed by atoms with van der Waals surface area (Å²) in [7, 11) is 1.88. The third-order valence-electron chi connectivity index (χ3n) is 4.59. The average Bonchev–Trinajstić information content (AvgIpc) is 2.59. The molecule has 1 aliphatic heterocycles. The molecular weight excluding hydrogens is 274 g/mol. The molecule has 1 aromatic rings. The summed E-state index contributed by atoms with van der Waals surface area (Å²) in [5, 5.41) is 0. The van der Waals surface area contributed by atoms with E-state index in [0.29, 0.717) is 11.6 Å². The Bertz CT molecular complexity index is 489. The lowest BCUT2D eigenvalue weighted by Crippen LogP contribution is -2.39. The average molecular weight is 303 g/mol. The molecule has 1 aromatic heterocycles. The Labute approximate surface area is 134 Å². The van der Waals surface area contributed by atoms with Crippen LogP contribution in [0.2, 0.25) is 0 Å². The fourth-order valence-corrected chi connectivity index (χ4v) is 3.18. The maximum Gasteiger partial charge on any atom is 0.255 e. The van der Waals surface area contributed by atoms with E-state index in [0.717, 1.165) is 38.0 Å². The summed E-state index contributed by atoms with van der Waals surface area (Å²) in [4.78, 5) is 21.1. The van der Waals surface area contributed by atoms with Crippen LogP contribution in [0.1, 0.15) is 62.7 Å². The minimum atomic E-state index is 0.0767. The minimum Gasteiger partial charge on any atom is -0.367 e. The summed E-state index contributed by atoms with van der Waals surface area (Å²) in [5.41, 5.74) is 1.80. The smallest absolute Gasteiger partial charge is 0.255 e. The number of rotatable bonds is 6. The molecule has 2 rings (SSSR count). The van der Waals surface area contributed by atoms with Crippen LogP contribution < -0.4 is 4.90 Å².